The topological polar surface area (TPSA) is 58.4 Å². The van der Waals surface area contributed by atoms with E-state index in [1.807, 2.05) is 0 Å². The molecule has 0 aromatic heterocycles. The molecule has 1 aliphatic carbocycles. The molecule has 2 fully saturated rings. The van der Waals surface area contributed by atoms with Gasteiger partial charge in [0.05, 0.1) is 0 Å². The fourth-order valence-corrected chi connectivity index (χ4v) is 4.04. The number of halogens is 2. The van der Waals surface area contributed by atoms with Crippen LogP contribution in [-0.4, -0.2) is 30.1 Å². The van der Waals surface area contributed by atoms with Gasteiger partial charge in [-0.3, -0.25) is 0 Å². The van der Waals surface area contributed by atoms with Crippen molar-refractivity contribution in [2.45, 2.75) is 50.6 Å². The maximum atomic E-state index is 14.3. The Kier molecular flexibility index (Phi) is 5.33. The molecule has 2 amide bonds. The lowest BCUT2D eigenvalue weighted by Gasteiger charge is -2.36. The molecular formula is C18H25F2N3O. The highest BCUT2D eigenvalue weighted by molar-refractivity contribution is 5.72. The standard InChI is InChI=1S/C18H25F2N3O/c19-13-5-6-15(16(20)11-13)17(12-3-1-2-4-12)22-14-7-9-23(10-8-14)18(21)24/h5-6,11-12,14,17,22H,1-4,7-10H2,(H2,21,24)/t17-/m1/s1. The average Bonchev–Trinajstić information content (AvgIpc) is 3.08. The van der Waals surface area contributed by atoms with E-state index < -0.39 is 11.6 Å². The van der Waals surface area contributed by atoms with Gasteiger partial charge in [0.15, 0.2) is 0 Å². The summed E-state index contributed by atoms with van der Waals surface area (Å²) in [6.07, 6.45) is 6.05. The summed E-state index contributed by atoms with van der Waals surface area (Å²) in [5, 5.41) is 3.59. The number of hydrogen-bond donors (Lipinski definition) is 2. The summed E-state index contributed by atoms with van der Waals surface area (Å²) in [7, 11) is 0. The molecule has 1 aliphatic heterocycles. The molecule has 24 heavy (non-hydrogen) atoms. The Morgan fingerprint density at radius 3 is 2.42 bits per heavy atom. The zero-order valence-corrected chi connectivity index (χ0v) is 13.8. The van der Waals surface area contributed by atoms with Crippen LogP contribution in [0.1, 0.15) is 50.1 Å². The average molecular weight is 337 g/mol. The number of hydrogen-bond acceptors (Lipinski definition) is 2. The van der Waals surface area contributed by atoms with E-state index in [0.29, 0.717) is 24.6 Å². The van der Waals surface area contributed by atoms with E-state index in [0.717, 1.165) is 44.6 Å². The number of rotatable bonds is 4. The van der Waals surface area contributed by atoms with Crippen molar-refractivity contribution in [1.82, 2.24) is 10.2 Å². The quantitative estimate of drug-likeness (QED) is 0.885. The van der Waals surface area contributed by atoms with Gasteiger partial charge in [0.1, 0.15) is 11.6 Å². The molecule has 3 rings (SSSR count). The van der Waals surface area contributed by atoms with Crippen molar-refractivity contribution < 1.29 is 13.6 Å². The third kappa shape index (κ3) is 3.86. The maximum absolute atomic E-state index is 14.3. The van der Waals surface area contributed by atoms with Gasteiger partial charge in [-0.25, -0.2) is 13.6 Å². The molecule has 0 unspecified atom stereocenters. The number of nitrogens with one attached hydrogen (secondary N) is 1. The van der Waals surface area contributed by atoms with Gasteiger partial charge in [-0.1, -0.05) is 18.9 Å². The van der Waals surface area contributed by atoms with Crippen molar-refractivity contribution in [2.24, 2.45) is 11.7 Å². The van der Waals surface area contributed by atoms with E-state index in [9.17, 15) is 13.6 Å². The van der Waals surface area contributed by atoms with E-state index in [2.05, 4.69) is 5.32 Å². The summed E-state index contributed by atoms with van der Waals surface area (Å²) >= 11 is 0. The molecular weight excluding hydrogens is 312 g/mol. The number of carbonyl (C=O) groups excluding carboxylic acids is 1. The zero-order valence-electron chi connectivity index (χ0n) is 13.8. The van der Waals surface area contributed by atoms with Crippen LogP contribution in [0.15, 0.2) is 18.2 Å². The monoisotopic (exact) mass is 337 g/mol. The summed E-state index contributed by atoms with van der Waals surface area (Å²) < 4.78 is 27.6. The van der Waals surface area contributed by atoms with Gasteiger partial charge in [0.2, 0.25) is 0 Å². The fraction of sp³-hybridized carbons (Fsp3) is 0.611. The summed E-state index contributed by atoms with van der Waals surface area (Å²) in [4.78, 5) is 12.9. The Bertz CT molecular complexity index is 582. The van der Waals surface area contributed by atoms with Crippen LogP contribution in [-0.2, 0) is 0 Å². The number of nitrogens with two attached hydrogens (primary N) is 1. The highest BCUT2D eigenvalue weighted by Gasteiger charge is 2.31. The van der Waals surface area contributed by atoms with E-state index in [1.165, 1.54) is 6.07 Å². The lowest BCUT2D eigenvalue weighted by molar-refractivity contribution is 0.177. The molecule has 0 spiro atoms. The van der Waals surface area contributed by atoms with Crippen LogP contribution in [0.3, 0.4) is 0 Å². The maximum Gasteiger partial charge on any atom is 0.314 e. The molecule has 1 saturated carbocycles. The minimum atomic E-state index is -0.545. The van der Waals surface area contributed by atoms with Gasteiger partial charge in [-0.15, -0.1) is 0 Å². The second kappa shape index (κ2) is 7.47. The SMILES string of the molecule is NC(=O)N1CCC(N[C@@H](c2ccc(F)cc2F)C2CCCC2)CC1. The number of nitrogens with zero attached hydrogens (tertiary/aromatic N) is 1. The number of amides is 2. The predicted octanol–water partition coefficient (Wildman–Crippen LogP) is 3.33. The molecule has 0 bridgehead atoms. The van der Waals surface area contributed by atoms with E-state index >= 15 is 0 Å². The Morgan fingerprint density at radius 1 is 1.17 bits per heavy atom. The molecule has 1 aromatic carbocycles. The largest absolute Gasteiger partial charge is 0.351 e. The Hall–Kier alpha value is -1.69. The highest BCUT2D eigenvalue weighted by atomic mass is 19.1. The summed E-state index contributed by atoms with van der Waals surface area (Å²) in [6, 6.07) is 3.60. The van der Waals surface area contributed by atoms with Crippen molar-refractivity contribution in [2.75, 3.05) is 13.1 Å². The summed E-state index contributed by atoms with van der Waals surface area (Å²) in [5.41, 5.74) is 5.88. The Labute approximate surface area is 141 Å². The smallest absolute Gasteiger partial charge is 0.314 e. The van der Waals surface area contributed by atoms with E-state index in [1.54, 1.807) is 11.0 Å². The minimum absolute atomic E-state index is 0.0989. The van der Waals surface area contributed by atoms with E-state index in [-0.39, 0.29) is 18.1 Å². The van der Waals surface area contributed by atoms with Crippen LogP contribution in [0.4, 0.5) is 13.6 Å². The number of urea groups is 1. The van der Waals surface area contributed by atoms with Gasteiger partial charge in [0, 0.05) is 36.8 Å². The van der Waals surface area contributed by atoms with Crippen LogP contribution in [0.2, 0.25) is 0 Å². The summed E-state index contributed by atoms with van der Waals surface area (Å²) in [6.45, 7) is 1.24. The minimum Gasteiger partial charge on any atom is -0.351 e. The molecule has 1 heterocycles. The second-order valence-corrected chi connectivity index (χ2v) is 6.95. The van der Waals surface area contributed by atoms with Crippen LogP contribution < -0.4 is 11.1 Å². The first-order valence-electron chi connectivity index (χ1n) is 8.80. The molecule has 2 aliphatic rings. The molecule has 1 saturated heterocycles. The molecule has 3 N–H and O–H groups in total. The first kappa shape index (κ1) is 17.1. The van der Waals surface area contributed by atoms with Crippen molar-refractivity contribution in [3.05, 3.63) is 35.4 Å². The van der Waals surface area contributed by atoms with Crippen LogP contribution in [0.25, 0.3) is 0 Å². The molecule has 4 nitrogen and oxygen atoms in total. The molecule has 1 aromatic rings. The third-order valence-electron chi connectivity index (χ3n) is 5.39. The van der Waals surface area contributed by atoms with Gasteiger partial charge in [-0.2, -0.15) is 0 Å². The fourth-order valence-electron chi connectivity index (χ4n) is 4.04. The van der Waals surface area contributed by atoms with Crippen molar-refractivity contribution in [3.63, 3.8) is 0 Å². The third-order valence-corrected chi connectivity index (χ3v) is 5.39. The lowest BCUT2D eigenvalue weighted by atomic mass is 9.89. The summed E-state index contributed by atoms with van der Waals surface area (Å²) in [5.74, 6) is -0.649. The normalized spacial score (nSPS) is 21.2. The Balaban J connectivity index is 1.72. The van der Waals surface area contributed by atoms with Crippen molar-refractivity contribution >= 4 is 6.03 Å². The number of primary amides is 1. The van der Waals surface area contributed by atoms with Crippen LogP contribution >= 0.6 is 0 Å². The number of piperidine rings is 1. The molecule has 132 valence electrons. The van der Waals surface area contributed by atoms with Gasteiger partial charge >= 0.3 is 6.03 Å². The predicted molar refractivity (Wildman–Crippen MR) is 88.4 cm³/mol. The van der Waals surface area contributed by atoms with Gasteiger partial charge in [-0.05, 0) is 37.7 Å². The van der Waals surface area contributed by atoms with Crippen LogP contribution in [0, 0.1) is 17.6 Å². The Morgan fingerprint density at radius 2 is 1.83 bits per heavy atom. The highest BCUT2D eigenvalue weighted by Crippen LogP contribution is 2.37. The van der Waals surface area contributed by atoms with E-state index in [4.69, 9.17) is 5.73 Å². The number of benzene rings is 1. The van der Waals surface area contributed by atoms with Crippen molar-refractivity contribution in [3.8, 4) is 0 Å². The lowest BCUT2D eigenvalue weighted by Crippen LogP contribution is -2.48. The first-order chi connectivity index (χ1) is 11.5. The molecule has 6 heteroatoms. The van der Waals surface area contributed by atoms with Crippen LogP contribution in [0.5, 0.6) is 0 Å². The molecule has 0 radical (unpaired) electrons. The number of likely N-dealkylation sites (tertiary alicyclic amines) is 1. The van der Waals surface area contributed by atoms with Gasteiger partial charge in [0.25, 0.3) is 0 Å². The second-order valence-electron chi connectivity index (χ2n) is 6.95. The van der Waals surface area contributed by atoms with Gasteiger partial charge < -0.3 is 16.0 Å². The zero-order chi connectivity index (χ0) is 17.1. The number of carbonyl (C=O) groups is 1. The molecule has 1 atom stereocenters. The van der Waals surface area contributed by atoms with Crippen molar-refractivity contribution in [1.29, 1.82) is 0 Å². The first-order valence-corrected chi connectivity index (χ1v) is 8.80.